The van der Waals surface area contributed by atoms with Gasteiger partial charge in [-0.1, -0.05) is 27.7 Å². The van der Waals surface area contributed by atoms with Gasteiger partial charge in [0, 0.05) is 6.54 Å². The van der Waals surface area contributed by atoms with E-state index in [9.17, 15) is 9.59 Å². The van der Waals surface area contributed by atoms with Crippen molar-refractivity contribution in [1.82, 2.24) is 10.2 Å². The molecule has 1 atom stereocenters. The molecule has 5 heteroatoms. The van der Waals surface area contributed by atoms with Gasteiger partial charge in [0.05, 0.1) is 0 Å². The summed E-state index contributed by atoms with van der Waals surface area (Å²) < 4.78 is 0. The van der Waals surface area contributed by atoms with Gasteiger partial charge in [0.1, 0.15) is 11.6 Å². The molecule has 2 amide bonds. The maximum atomic E-state index is 12.8. The van der Waals surface area contributed by atoms with E-state index in [1.54, 1.807) is 11.8 Å². The van der Waals surface area contributed by atoms with Crippen molar-refractivity contribution in [2.75, 3.05) is 18.6 Å². The van der Waals surface area contributed by atoms with E-state index < -0.39 is 5.54 Å². The average molecular weight is 314 g/mol. The summed E-state index contributed by atoms with van der Waals surface area (Å²) in [5.74, 6) is 1.54. The number of carbonyl (C=O) groups is 2. The Bertz CT molecular complexity index is 367. The van der Waals surface area contributed by atoms with Crippen LogP contribution in [0.5, 0.6) is 0 Å². The van der Waals surface area contributed by atoms with Crippen LogP contribution in [0.2, 0.25) is 0 Å². The molecular weight excluding hydrogens is 284 g/mol. The Hall–Kier alpha value is -0.710. The van der Waals surface area contributed by atoms with Crippen LogP contribution in [0, 0.1) is 5.92 Å². The Morgan fingerprint density at radius 1 is 1.29 bits per heavy atom. The number of hydrogen-bond donors (Lipinski definition) is 1. The summed E-state index contributed by atoms with van der Waals surface area (Å²) >= 11 is 1.78. The van der Waals surface area contributed by atoms with Crippen LogP contribution < -0.4 is 5.32 Å². The molecule has 1 rings (SSSR count). The highest BCUT2D eigenvalue weighted by Gasteiger charge is 2.49. The molecule has 0 aromatic rings. The number of hydrogen-bond acceptors (Lipinski definition) is 3. The summed E-state index contributed by atoms with van der Waals surface area (Å²) in [5, 5.41) is 2.98. The second-order valence-corrected chi connectivity index (χ2v) is 7.22. The van der Waals surface area contributed by atoms with Crippen molar-refractivity contribution in [2.45, 2.75) is 65.0 Å². The third-order valence-corrected chi connectivity index (χ3v) is 5.11. The van der Waals surface area contributed by atoms with Crippen molar-refractivity contribution in [3.05, 3.63) is 0 Å². The first-order chi connectivity index (χ1) is 9.92. The Morgan fingerprint density at radius 2 is 1.90 bits per heavy atom. The fraction of sp³-hybridized carbons (Fsp3) is 0.875. The van der Waals surface area contributed by atoms with Gasteiger partial charge >= 0.3 is 0 Å². The van der Waals surface area contributed by atoms with E-state index in [2.05, 4.69) is 25.4 Å². The van der Waals surface area contributed by atoms with Crippen molar-refractivity contribution >= 4 is 23.6 Å². The molecule has 21 heavy (non-hydrogen) atoms. The minimum absolute atomic E-state index is 0.0295. The fourth-order valence-corrected chi connectivity index (χ4v) is 3.57. The maximum absolute atomic E-state index is 12.8. The van der Waals surface area contributed by atoms with Gasteiger partial charge in [-0.3, -0.25) is 9.59 Å². The lowest BCUT2D eigenvalue weighted by molar-refractivity contribution is -0.158. The van der Waals surface area contributed by atoms with E-state index >= 15 is 0 Å². The molecule has 1 unspecified atom stereocenters. The predicted octanol–water partition coefficient (Wildman–Crippen LogP) is 2.67. The topological polar surface area (TPSA) is 49.4 Å². The SMILES string of the molecule is CCC1(CC)C(=O)NC(CC(C)C)C(=O)N1CCCSC. The molecule has 1 saturated heterocycles. The lowest BCUT2D eigenvalue weighted by atomic mass is 9.84. The van der Waals surface area contributed by atoms with E-state index in [-0.39, 0.29) is 17.9 Å². The number of thioether (sulfide) groups is 1. The van der Waals surface area contributed by atoms with Gasteiger partial charge in [-0.15, -0.1) is 0 Å². The van der Waals surface area contributed by atoms with Crippen molar-refractivity contribution < 1.29 is 9.59 Å². The third kappa shape index (κ3) is 3.93. The number of amides is 2. The van der Waals surface area contributed by atoms with Gasteiger partial charge < -0.3 is 10.2 Å². The molecule has 1 aliphatic rings. The molecule has 1 heterocycles. The largest absolute Gasteiger partial charge is 0.342 e. The molecule has 0 aromatic carbocycles. The van der Waals surface area contributed by atoms with Gasteiger partial charge in [0.25, 0.3) is 0 Å². The minimum Gasteiger partial charge on any atom is -0.342 e. The van der Waals surface area contributed by atoms with Crippen molar-refractivity contribution in [1.29, 1.82) is 0 Å². The van der Waals surface area contributed by atoms with E-state index in [4.69, 9.17) is 0 Å². The van der Waals surface area contributed by atoms with Crippen molar-refractivity contribution in [3.8, 4) is 0 Å². The van der Waals surface area contributed by atoms with Gasteiger partial charge in [0.2, 0.25) is 11.8 Å². The van der Waals surface area contributed by atoms with Crippen LogP contribution in [0.15, 0.2) is 0 Å². The minimum atomic E-state index is -0.650. The number of carbonyl (C=O) groups excluding carboxylic acids is 2. The molecule has 0 aromatic heterocycles. The normalized spacial score (nSPS) is 21.8. The van der Waals surface area contributed by atoms with Crippen LogP contribution in [0.1, 0.15) is 53.4 Å². The average Bonchev–Trinajstić information content (AvgIpc) is 2.44. The molecule has 0 saturated carbocycles. The Kier molecular flexibility index (Phi) is 7.04. The van der Waals surface area contributed by atoms with Crippen LogP contribution in [0.25, 0.3) is 0 Å². The first-order valence-electron chi connectivity index (χ1n) is 8.04. The highest BCUT2D eigenvalue weighted by Crippen LogP contribution is 2.30. The van der Waals surface area contributed by atoms with E-state index in [0.717, 1.165) is 12.2 Å². The maximum Gasteiger partial charge on any atom is 0.246 e. The lowest BCUT2D eigenvalue weighted by Gasteiger charge is -2.48. The van der Waals surface area contributed by atoms with Gasteiger partial charge in [-0.25, -0.2) is 0 Å². The second-order valence-electron chi connectivity index (χ2n) is 6.23. The molecule has 1 N–H and O–H groups in total. The van der Waals surface area contributed by atoms with E-state index in [0.29, 0.717) is 31.7 Å². The Morgan fingerprint density at radius 3 is 2.38 bits per heavy atom. The number of nitrogens with one attached hydrogen (secondary N) is 1. The summed E-state index contributed by atoms with van der Waals surface area (Å²) in [6, 6.07) is -0.349. The van der Waals surface area contributed by atoms with Crippen LogP contribution >= 0.6 is 11.8 Å². The van der Waals surface area contributed by atoms with Gasteiger partial charge in [-0.2, -0.15) is 11.8 Å². The zero-order valence-electron chi connectivity index (χ0n) is 14.1. The van der Waals surface area contributed by atoms with Crippen molar-refractivity contribution in [3.63, 3.8) is 0 Å². The predicted molar refractivity (Wildman–Crippen MR) is 89.4 cm³/mol. The summed E-state index contributed by atoms with van der Waals surface area (Å²) in [6.45, 7) is 8.85. The first-order valence-corrected chi connectivity index (χ1v) is 9.43. The van der Waals surface area contributed by atoms with Crippen LogP contribution in [0.4, 0.5) is 0 Å². The summed E-state index contributed by atoms with van der Waals surface area (Å²) in [5.41, 5.74) is -0.650. The molecular formula is C16H30N2O2S. The highest BCUT2D eigenvalue weighted by atomic mass is 32.2. The quantitative estimate of drug-likeness (QED) is 0.701. The molecule has 1 fully saturated rings. The molecule has 0 aliphatic carbocycles. The van der Waals surface area contributed by atoms with E-state index in [1.807, 2.05) is 18.7 Å². The second kappa shape index (κ2) is 8.06. The number of nitrogens with zero attached hydrogens (tertiary/aromatic N) is 1. The number of rotatable bonds is 8. The first kappa shape index (κ1) is 18.3. The molecule has 4 nitrogen and oxygen atoms in total. The van der Waals surface area contributed by atoms with Gasteiger partial charge in [-0.05, 0) is 43.6 Å². The molecule has 1 aliphatic heterocycles. The smallest absolute Gasteiger partial charge is 0.246 e. The van der Waals surface area contributed by atoms with Crippen molar-refractivity contribution in [2.24, 2.45) is 5.92 Å². The monoisotopic (exact) mass is 314 g/mol. The summed E-state index contributed by atoms with van der Waals surface area (Å²) in [7, 11) is 0. The summed E-state index contributed by atoms with van der Waals surface area (Å²) in [6.07, 6.45) is 5.08. The standard InChI is InChI=1S/C16H30N2O2S/c1-6-16(7-2)15(20)17-13(11-12(3)4)14(19)18(16)9-8-10-21-5/h12-13H,6-11H2,1-5H3,(H,17,20). The van der Waals surface area contributed by atoms with Crippen LogP contribution in [-0.4, -0.2) is 46.8 Å². The zero-order valence-corrected chi connectivity index (χ0v) is 14.9. The highest BCUT2D eigenvalue weighted by molar-refractivity contribution is 7.98. The Balaban J connectivity index is 2.99. The van der Waals surface area contributed by atoms with Crippen LogP contribution in [-0.2, 0) is 9.59 Å². The summed E-state index contributed by atoms with van der Waals surface area (Å²) in [4.78, 5) is 27.4. The van der Waals surface area contributed by atoms with E-state index in [1.165, 1.54) is 0 Å². The van der Waals surface area contributed by atoms with Gasteiger partial charge in [0.15, 0.2) is 0 Å². The molecule has 0 bridgehead atoms. The number of piperazine rings is 1. The lowest BCUT2D eigenvalue weighted by Crippen LogP contribution is -2.70. The van der Waals surface area contributed by atoms with Crippen LogP contribution in [0.3, 0.4) is 0 Å². The molecule has 122 valence electrons. The zero-order chi connectivity index (χ0) is 16.0. The Labute approximate surface area is 133 Å². The molecule has 0 spiro atoms. The molecule has 0 radical (unpaired) electrons. The third-order valence-electron chi connectivity index (χ3n) is 4.42. The fourth-order valence-electron chi connectivity index (χ4n) is 3.15.